The second-order valence-electron chi connectivity index (χ2n) is 4.19. The lowest BCUT2D eigenvalue weighted by molar-refractivity contribution is 0.592. The molecular weight excluding hydrogens is 230 g/mol. The van der Waals surface area contributed by atoms with E-state index < -0.39 is 0 Å². The molecule has 0 atom stereocenters. The molecule has 2 nitrogen and oxygen atoms in total. The Morgan fingerprint density at radius 1 is 1.06 bits per heavy atom. The molecule has 0 aliphatic heterocycles. The fourth-order valence-electron chi connectivity index (χ4n) is 1.98. The van der Waals surface area contributed by atoms with Crippen LogP contribution >= 0.6 is 12.6 Å². The van der Waals surface area contributed by atoms with Crippen molar-refractivity contribution in [2.75, 3.05) is 5.75 Å². The van der Waals surface area contributed by atoms with Gasteiger partial charge in [0, 0.05) is 18.1 Å². The fraction of sp³-hybridized carbons (Fsp3) is 0.357. The van der Waals surface area contributed by atoms with Crippen molar-refractivity contribution in [3.63, 3.8) is 0 Å². The maximum atomic E-state index is 12.1. The maximum Gasteiger partial charge on any atom is 0.258 e. The van der Waals surface area contributed by atoms with Gasteiger partial charge >= 0.3 is 0 Å². The molecule has 2 rings (SSSR count). The van der Waals surface area contributed by atoms with Crippen molar-refractivity contribution in [2.45, 2.75) is 25.8 Å². The van der Waals surface area contributed by atoms with Gasteiger partial charge in [-0.15, -0.1) is 0 Å². The quantitative estimate of drug-likeness (QED) is 0.636. The van der Waals surface area contributed by atoms with Gasteiger partial charge in [0.25, 0.3) is 5.56 Å². The molecule has 1 aromatic heterocycles. The van der Waals surface area contributed by atoms with Crippen molar-refractivity contribution >= 4 is 23.4 Å². The summed E-state index contributed by atoms with van der Waals surface area (Å²) in [6, 6.07) is 9.74. The van der Waals surface area contributed by atoms with Crippen molar-refractivity contribution < 1.29 is 0 Å². The minimum Gasteiger partial charge on any atom is -0.315 e. The molecule has 0 saturated heterocycles. The highest BCUT2D eigenvalue weighted by Gasteiger charge is 2.01. The Labute approximate surface area is 107 Å². The van der Waals surface area contributed by atoms with Gasteiger partial charge in [-0.2, -0.15) is 12.6 Å². The number of hydrogen-bond donors (Lipinski definition) is 1. The fourth-order valence-corrected chi connectivity index (χ4v) is 2.20. The van der Waals surface area contributed by atoms with Gasteiger partial charge in [-0.25, -0.2) is 0 Å². The normalized spacial score (nSPS) is 10.9. The van der Waals surface area contributed by atoms with E-state index in [0.29, 0.717) is 0 Å². The molecule has 90 valence electrons. The van der Waals surface area contributed by atoms with E-state index in [2.05, 4.69) is 12.6 Å². The lowest BCUT2D eigenvalue weighted by Gasteiger charge is -2.06. The zero-order chi connectivity index (χ0) is 12.1. The van der Waals surface area contributed by atoms with Gasteiger partial charge in [0.2, 0.25) is 0 Å². The van der Waals surface area contributed by atoms with Gasteiger partial charge in [-0.1, -0.05) is 24.6 Å². The summed E-state index contributed by atoms with van der Waals surface area (Å²) >= 11 is 4.18. The van der Waals surface area contributed by atoms with E-state index in [0.717, 1.165) is 42.3 Å². The first kappa shape index (κ1) is 12.2. The minimum atomic E-state index is 0.119. The Kier molecular flexibility index (Phi) is 4.26. The number of unbranched alkanes of at least 4 members (excludes halogenated alkanes) is 2. The van der Waals surface area contributed by atoms with Crippen LogP contribution in [-0.4, -0.2) is 10.3 Å². The van der Waals surface area contributed by atoms with E-state index in [1.807, 2.05) is 36.5 Å². The van der Waals surface area contributed by atoms with Crippen LogP contribution in [0.4, 0.5) is 0 Å². The molecule has 0 aliphatic carbocycles. The molecule has 1 aromatic carbocycles. The molecule has 0 fully saturated rings. The summed E-state index contributed by atoms with van der Waals surface area (Å²) < 4.78 is 1.81. The average molecular weight is 247 g/mol. The number of pyridine rings is 1. The molecule has 0 N–H and O–H groups in total. The number of aromatic nitrogens is 1. The molecule has 0 radical (unpaired) electrons. The molecule has 0 spiro atoms. The van der Waals surface area contributed by atoms with Crippen molar-refractivity contribution in [3.05, 3.63) is 46.9 Å². The van der Waals surface area contributed by atoms with Gasteiger partial charge in [-0.3, -0.25) is 4.79 Å². The Morgan fingerprint density at radius 2 is 1.88 bits per heavy atom. The third-order valence-electron chi connectivity index (χ3n) is 2.94. The number of thiol groups is 1. The molecule has 17 heavy (non-hydrogen) atoms. The smallest absolute Gasteiger partial charge is 0.258 e. The lowest BCUT2D eigenvalue weighted by Crippen LogP contribution is -2.19. The van der Waals surface area contributed by atoms with Crippen LogP contribution in [-0.2, 0) is 6.54 Å². The highest BCUT2D eigenvalue weighted by molar-refractivity contribution is 7.80. The number of benzene rings is 1. The van der Waals surface area contributed by atoms with E-state index >= 15 is 0 Å². The van der Waals surface area contributed by atoms with Crippen LogP contribution in [0.5, 0.6) is 0 Å². The van der Waals surface area contributed by atoms with Gasteiger partial charge in [0.05, 0.1) is 0 Å². The maximum absolute atomic E-state index is 12.1. The topological polar surface area (TPSA) is 22.0 Å². The first-order chi connectivity index (χ1) is 8.33. The second kappa shape index (κ2) is 5.92. The highest BCUT2D eigenvalue weighted by atomic mass is 32.1. The van der Waals surface area contributed by atoms with Crippen LogP contribution in [0.3, 0.4) is 0 Å². The predicted octanol–water partition coefficient (Wildman–Crippen LogP) is 3.10. The van der Waals surface area contributed by atoms with E-state index in [1.165, 1.54) is 0 Å². The third kappa shape index (κ3) is 2.91. The molecule has 0 unspecified atom stereocenters. The minimum absolute atomic E-state index is 0.119. The molecule has 0 saturated carbocycles. The van der Waals surface area contributed by atoms with Crippen molar-refractivity contribution in [1.29, 1.82) is 0 Å². The number of rotatable bonds is 5. The number of nitrogens with zero attached hydrogens (tertiary/aromatic N) is 1. The molecule has 0 amide bonds. The van der Waals surface area contributed by atoms with Gasteiger partial charge in [0.1, 0.15) is 0 Å². The van der Waals surface area contributed by atoms with E-state index in [9.17, 15) is 4.79 Å². The molecule has 2 aromatic rings. The van der Waals surface area contributed by atoms with Gasteiger partial charge in [-0.05, 0) is 36.1 Å². The van der Waals surface area contributed by atoms with Crippen LogP contribution in [0.25, 0.3) is 10.8 Å². The average Bonchev–Trinajstić information content (AvgIpc) is 2.37. The third-order valence-corrected chi connectivity index (χ3v) is 3.26. The monoisotopic (exact) mass is 247 g/mol. The van der Waals surface area contributed by atoms with Crippen LogP contribution in [0, 0.1) is 0 Å². The van der Waals surface area contributed by atoms with Crippen LogP contribution in [0.1, 0.15) is 19.3 Å². The van der Waals surface area contributed by atoms with Crippen molar-refractivity contribution in [2.24, 2.45) is 0 Å². The zero-order valence-corrected chi connectivity index (χ0v) is 10.7. The summed E-state index contributed by atoms with van der Waals surface area (Å²) in [5, 5.41) is 1.83. The molecule has 0 bridgehead atoms. The predicted molar refractivity (Wildman–Crippen MR) is 75.9 cm³/mol. The largest absolute Gasteiger partial charge is 0.315 e. The SMILES string of the molecule is O=c1c2ccccc2ccn1CCCCCS. The summed E-state index contributed by atoms with van der Waals surface area (Å²) in [7, 11) is 0. The van der Waals surface area contributed by atoms with Crippen molar-refractivity contribution in [3.8, 4) is 0 Å². The van der Waals surface area contributed by atoms with Crippen LogP contribution < -0.4 is 5.56 Å². The summed E-state index contributed by atoms with van der Waals surface area (Å²) in [5.41, 5.74) is 0.119. The summed E-state index contributed by atoms with van der Waals surface area (Å²) in [4.78, 5) is 12.1. The zero-order valence-electron chi connectivity index (χ0n) is 9.80. The first-order valence-corrected chi connectivity index (χ1v) is 6.65. The standard InChI is InChI=1S/C14H17NOS/c16-14-13-7-3-2-6-12(13)8-10-15(14)9-4-1-5-11-17/h2-3,6-8,10,17H,1,4-5,9,11H2. The molecule has 1 heterocycles. The Morgan fingerprint density at radius 3 is 2.71 bits per heavy atom. The lowest BCUT2D eigenvalue weighted by atomic mass is 10.2. The van der Waals surface area contributed by atoms with E-state index in [4.69, 9.17) is 0 Å². The van der Waals surface area contributed by atoms with Crippen LogP contribution in [0.15, 0.2) is 41.3 Å². The number of aryl methyl sites for hydroxylation is 1. The summed E-state index contributed by atoms with van der Waals surface area (Å²) in [5.74, 6) is 0.923. The number of hydrogen-bond acceptors (Lipinski definition) is 2. The first-order valence-electron chi connectivity index (χ1n) is 6.02. The molecule has 3 heteroatoms. The van der Waals surface area contributed by atoms with Crippen molar-refractivity contribution in [1.82, 2.24) is 4.57 Å². The summed E-state index contributed by atoms with van der Waals surface area (Å²) in [6.45, 7) is 0.803. The van der Waals surface area contributed by atoms with Gasteiger partial charge < -0.3 is 4.57 Å². The molecular formula is C14H17NOS. The number of fused-ring (bicyclic) bond motifs is 1. The molecule has 0 aliphatic rings. The second-order valence-corrected chi connectivity index (χ2v) is 4.63. The van der Waals surface area contributed by atoms with Gasteiger partial charge in [0.15, 0.2) is 0 Å². The highest BCUT2D eigenvalue weighted by Crippen LogP contribution is 2.08. The Hall–Kier alpha value is -1.22. The van der Waals surface area contributed by atoms with Crippen LogP contribution in [0.2, 0.25) is 0 Å². The Bertz CT molecular complexity index is 547. The van der Waals surface area contributed by atoms with E-state index in [-0.39, 0.29) is 5.56 Å². The van der Waals surface area contributed by atoms with E-state index in [1.54, 1.807) is 4.57 Å². The summed E-state index contributed by atoms with van der Waals surface area (Å²) in [6.07, 6.45) is 5.18. The Balaban J connectivity index is 2.18.